The molecule has 1 heterocycles. The number of nitrogens with one attached hydrogen (secondary N) is 1. The van der Waals surface area contributed by atoms with Crippen LogP contribution >= 0.6 is 11.3 Å². The Bertz CT molecular complexity index is 659. The molecule has 1 aromatic heterocycles. The fourth-order valence-corrected chi connectivity index (χ4v) is 3.09. The second-order valence-electron chi connectivity index (χ2n) is 4.52. The number of anilines is 1. The normalized spacial score (nSPS) is 11.4. The van der Waals surface area contributed by atoms with Crippen LogP contribution in [0.15, 0.2) is 35.4 Å². The van der Waals surface area contributed by atoms with Gasteiger partial charge in [0, 0.05) is 16.0 Å². The Morgan fingerprint density at radius 1 is 1.25 bits per heavy atom. The highest BCUT2D eigenvalue weighted by atomic mass is 32.1. The van der Waals surface area contributed by atoms with Crippen molar-refractivity contribution < 1.29 is 4.79 Å². The Hall–Kier alpha value is -2.14. The smallest absolute Gasteiger partial charge is 0.256 e. The molecule has 0 aliphatic heterocycles. The van der Waals surface area contributed by atoms with Crippen LogP contribution in [0.3, 0.4) is 0 Å². The number of benzene rings is 1. The molecular weight excluding hydrogens is 270 g/mol. The van der Waals surface area contributed by atoms with E-state index in [-0.39, 0.29) is 5.91 Å². The minimum absolute atomic E-state index is 0.127. The van der Waals surface area contributed by atoms with Gasteiger partial charge in [-0.25, -0.2) is 0 Å². The molecule has 0 saturated carbocycles. The summed E-state index contributed by atoms with van der Waals surface area (Å²) in [5.41, 5.74) is 3.36. The van der Waals surface area contributed by atoms with Gasteiger partial charge in [-0.1, -0.05) is 18.2 Å². The number of carbonyl (C=O) groups excluding carboxylic acids is 1. The minimum atomic E-state index is -0.127. The summed E-state index contributed by atoms with van der Waals surface area (Å²) in [7, 11) is 0. The first kappa shape index (κ1) is 14.3. The summed E-state index contributed by atoms with van der Waals surface area (Å²) < 4.78 is 0. The molecule has 0 radical (unpaired) electrons. The van der Waals surface area contributed by atoms with E-state index < -0.39 is 0 Å². The van der Waals surface area contributed by atoms with Crippen molar-refractivity contribution in [2.24, 2.45) is 10.9 Å². The summed E-state index contributed by atoms with van der Waals surface area (Å²) in [4.78, 5) is 13.4. The molecule has 20 heavy (non-hydrogen) atoms. The zero-order chi connectivity index (χ0) is 14.7. The van der Waals surface area contributed by atoms with E-state index in [9.17, 15) is 4.79 Å². The Kier molecular flexibility index (Phi) is 4.20. The maximum Gasteiger partial charge on any atom is 0.256 e. The largest absolute Gasteiger partial charge is 0.323 e. The van der Waals surface area contributed by atoms with Gasteiger partial charge in [0.15, 0.2) is 0 Å². The molecule has 0 bridgehead atoms. The number of nitrogens with two attached hydrogens (primary N) is 1. The molecule has 0 saturated heterocycles. The quantitative estimate of drug-likeness (QED) is 0.516. The lowest BCUT2D eigenvalue weighted by molar-refractivity contribution is 0.102. The SMILES string of the molecule is CC(=NN)c1c(NC(=O)c2ccccc2)sc(C)c1C. The van der Waals surface area contributed by atoms with Crippen LogP contribution in [0.25, 0.3) is 0 Å². The van der Waals surface area contributed by atoms with E-state index in [2.05, 4.69) is 10.4 Å². The van der Waals surface area contributed by atoms with Crippen molar-refractivity contribution in [1.29, 1.82) is 0 Å². The number of amides is 1. The van der Waals surface area contributed by atoms with Gasteiger partial charge >= 0.3 is 0 Å². The van der Waals surface area contributed by atoms with Crippen LogP contribution in [0.1, 0.15) is 33.3 Å². The molecule has 0 unspecified atom stereocenters. The third-order valence-electron chi connectivity index (χ3n) is 3.20. The van der Waals surface area contributed by atoms with Crippen molar-refractivity contribution in [2.45, 2.75) is 20.8 Å². The predicted octanol–water partition coefficient (Wildman–Crippen LogP) is 3.30. The molecule has 0 spiro atoms. The highest BCUT2D eigenvalue weighted by Gasteiger charge is 2.17. The molecule has 2 rings (SSSR count). The fraction of sp³-hybridized carbons (Fsp3) is 0.200. The topological polar surface area (TPSA) is 67.5 Å². The first-order valence-corrected chi connectivity index (χ1v) is 7.07. The van der Waals surface area contributed by atoms with Crippen LogP contribution in [-0.4, -0.2) is 11.6 Å². The Morgan fingerprint density at radius 3 is 2.50 bits per heavy atom. The molecule has 0 atom stereocenters. The molecule has 1 aromatic carbocycles. The van der Waals surface area contributed by atoms with E-state index in [1.807, 2.05) is 39.0 Å². The van der Waals surface area contributed by atoms with Gasteiger partial charge in [0.25, 0.3) is 5.91 Å². The number of hydrazone groups is 1. The van der Waals surface area contributed by atoms with E-state index >= 15 is 0 Å². The zero-order valence-electron chi connectivity index (χ0n) is 11.7. The number of nitrogens with zero attached hydrogens (tertiary/aromatic N) is 1. The third-order valence-corrected chi connectivity index (χ3v) is 4.33. The maximum atomic E-state index is 12.2. The van der Waals surface area contributed by atoms with Crippen LogP contribution in [0, 0.1) is 13.8 Å². The Morgan fingerprint density at radius 2 is 1.90 bits per heavy atom. The summed E-state index contributed by atoms with van der Waals surface area (Å²) >= 11 is 1.54. The molecular formula is C15H17N3OS. The van der Waals surface area contributed by atoms with Crippen molar-refractivity contribution in [3.05, 3.63) is 51.9 Å². The molecule has 0 fully saturated rings. The number of hydrogen-bond acceptors (Lipinski definition) is 4. The molecule has 0 aliphatic rings. The van der Waals surface area contributed by atoms with Crippen LogP contribution in [-0.2, 0) is 0 Å². The van der Waals surface area contributed by atoms with Gasteiger partial charge < -0.3 is 11.2 Å². The van der Waals surface area contributed by atoms with E-state index in [0.717, 1.165) is 26.7 Å². The molecule has 3 N–H and O–H groups in total. The monoisotopic (exact) mass is 287 g/mol. The lowest BCUT2D eigenvalue weighted by Gasteiger charge is -2.06. The van der Waals surface area contributed by atoms with E-state index in [1.54, 1.807) is 12.1 Å². The summed E-state index contributed by atoms with van der Waals surface area (Å²) in [6.07, 6.45) is 0. The van der Waals surface area contributed by atoms with Gasteiger partial charge in [0.2, 0.25) is 0 Å². The highest BCUT2D eigenvalue weighted by molar-refractivity contribution is 7.16. The molecule has 0 aliphatic carbocycles. The lowest BCUT2D eigenvalue weighted by atomic mass is 10.1. The van der Waals surface area contributed by atoms with E-state index in [1.165, 1.54) is 11.3 Å². The summed E-state index contributed by atoms with van der Waals surface area (Å²) in [5, 5.41) is 7.48. The average molecular weight is 287 g/mol. The van der Waals surface area contributed by atoms with Crippen molar-refractivity contribution in [3.63, 3.8) is 0 Å². The van der Waals surface area contributed by atoms with Gasteiger partial charge in [0.05, 0.1) is 5.71 Å². The van der Waals surface area contributed by atoms with Gasteiger partial charge in [0.1, 0.15) is 5.00 Å². The summed E-state index contributed by atoms with van der Waals surface area (Å²) in [6.45, 7) is 5.87. The van der Waals surface area contributed by atoms with Crippen LogP contribution in [0.2, 0.25) is 0 Å². The Balaban J connectivity index is 2.35. The average Bonchev–Trinajstić information content (AvgIpc) is 2.74. The molecule has 1 amide bonds. The zero-order valence-corrected chi connectivity index (χ0v) is 12.5. The van der Waals surface area contributed by atoms with Crippen molar-refractivity contribution in [1.82, 2.24) is 0 Å². The third kappa shape index (κ3) is 2.72. The number of aryl methyl sites for hydroxylation is 1. The van der Waals surface area contributed by atoms with Crippen molar-refractivity contribution in [3.8, 4) is 0 Å². The summed E-state index contributed by atoms with van der Waals surface area (Å²) in [5.74, 6) is 5.25. The predicted molar refractivity (Wildman–Crippen MR) is 84.6 cm³/mol. The second kappa shape index (κ2) is 5.88. The number of carbonyl (C=O) groups is 1. The minimum Gasteiger partial charge on any atom is -0.323 e. The Labute approximate surface area is 122 Å². The van der Waals surface area contributed by atoms with Crippen LogP contribution in [0.5, 0.6) is 0 Å². The molecule has 2 aromatic rings. The van der Waals surface area contributed by atoms with Gasteiger partial charge in [-0.3, -0.25) is 4.79 Å². The van der Waals surface area contributed by atoms with Crippen LogP contribution in [0.4, 0.5) is 5.00 Å². The van der Waals surface area contributed by atoms with E-state index in [4.69, 9.17) is 5.84 Å². The molecule has 104 valence electrons. The standard InChI is InChI=1S/C15H17N3OS/c1-9-11(3)20-15(13(9)10(2)18-16)17-14(19)12-7-5-4-6-8-12/h4-8H,16H2,1-3H3,(H,17,19). The first-order chi connectivity index (χ1) is 9.54. The van der Waals surface area contributed by atoms with Gasteiger partial charge in [-0.2, -0.15) is 5.10 Å². The highest BCUT2D eigenvalue weighted by Crippen LogP contribution is 2.33. The van der Waals surface area contributed by atoms with Crippen molar-refractivity contribution >= 4 is 28.0 Å². The van der Waals surface area contributed by atoms with Gasteiger partial charge in [-0.05, 0) is 38.5 Å². The second-order valence-corrected chi connectivity index (χ2v) is 5.75. The van der Waals surface area contributed by atoms with Crippen LogP contribution < -0.4 is 11.2 Å². The number of thiophene rings is 1. The molecule has 5 heteroatoms. The summed E-state index contributed by atoms with van der Waals surface area (Å²) in [6, 6.07) is 9.13. The fourth-order valence-electron chi connectivity index (χ4n) is 1.98. The lowest BCUT2D eigenvalue weighted by Crippen LogP contribution is -2.13. The molecule has 4 nitrogen and oxygen atoms in total. The number of rotatable bonds is 3. The van der Waals surface area contributed by atoms with Crippen molar-refractivity contribution in [2.75, 3.05) is 5.32 Å². The van der Waals surface area contributed by atoms with Gasteiger partial charge in [-0.15, -0.1) is 11.3 Å². The first-order valence-electron chi connectivity index (χ1n) is 6.25. The van der Waals surface area contributed by atoms with E-state index in [0.29, 0.717) is 5.56 Å². The maximum absolute atomic E-state index is 12.2. The number of hydrogen-bond donors (Lipinski definition) is 2.